The fourth-order valence-corrected chi connectivity index (χ4v) is 2.38. The molecule has 2 aromatic carbocycles. The monoisotopic (exact) mass is 306 g/mol. The van der Waals surface area contributed by atoms with Gasteiger partial charge in [0.1, 0.15) is 0 Å². The molecule has 0 bridgehead atoms. The van der Waals surface area contributed by atoms with Crippen molar-refractivity contribution in [2.75, 3.05) is 5.32 Å². The number of hydrogen-bond acceptors (Lipinski definition) is 3. The number of anilines is 1. The van der Waals surface area contributed by atoms with Gasteiger partial charge in [0.15, 0.2) is 0 Å². The van der Waals surface area contributed by atoms with Crippen molar-refractivity contribution in [2.45, 2.75) is 12.5 Å². The molecule has 0 fully saturated rings. The van der Waals surface area contributed by atoms with Crippen molar-refractivity contribution in [3.63, 3.8) is 0 Å². The van der Waals surface area contributed by atoms with Gasteiger partial charge in [0, 0.05) is 17.4 Å². The summed E-state index contributed by atoms with van der Waals surface area (Å²) in [5.74, 6) is -0.199. The van der Waals surface area contributed by atoms with E-state index in [0.717, 1.165) is 16.8 Å². The van der Waals surface area contributed by atoms with E-state index in [4.69, 9.17) is 5.73 Å². The van der Waals surface area contributed by atoms with Gasteiger partial charge in [0.05, 0.1) is 11.7 Å². The smallest absolute Gasteiger partial charge is 0.241 e. The van der Waals surface area contributed by atoms with E-state index in [1.165, 1.54) is 0 Å². The molecule has 5 heteroatoms. The van der Waals surface area contributed by atoms with Crippen LogP contribution in [0.1, 0.15) is 5.56 Å². The molecule has 1 heterocycles. The van der Waals surface area contributed by atoms with Crippen molar-refractivity contribution in [1.82, 2.24) is 10.2 Å². The Labute approximate surface area is 134 Å². The average Bonchev–Trinajstić information content (AvgIpc) is 3.10. The van der Waals surface area contributed by atoms with Crippen LogP contribution in [0, 0.1) is 0 Å². The summed E-state index contributed by atoms with van der Waals surface area (Å²) in [5.41, 5.74) is 9.61. The zero-order valence-electron chi connectivity index (χ0n) is 12.6. The number of carbonyl (C=O) groups excluding carboxylic acids is 1. The second-order valence-electron chi connectivity index (χ2n) is 5.34. The number of carbonyl (C=O) groups is 1. The zero-order valence-corrected chi connectivity index (χ0v) is 12.6. The van der Waals surface area contributed by atoms with Crippen molar-refractivity contribution in [3.8, 4) is 11.3 Å². The Kier molecular flexibility index (Phi) is 4.49. The van der Waals surface area contributed by atoms with Crippen LogP contribution in [0.2, 0.25) is 0 Å². The van der Waals surface area contributed by atoms with E-state index in [2.05, 4.69) is 15.5 Å². The largest absolute Gasteiger partial charge is 0.325 e. The van der Waals surface area contributed by atoms with Gasteiger partial charge in [0.25, 0.3) is 0 Å². The summed E-state index contributed by atoms with van der Waals surface area (Å²) < 4.78 is 0. The standard InChI is InChI=1S/C18H18N4O/c19-16(11-13-5-2-1-3-6-13)18(23)21-15-8-4-7-14(12-15)17-9-10-20-22-17/h1-10,12,16H,11,19H2,(H,20,22)(H,21,23). The molecule has 3 aromatic rings. The van der Waals surface area contributed by atoms with E-state index in [1.807, 2.05) is 60.7 Å². The van der Waals surface area contributed by atoms with Gasteiger partial charge in [-0.15, -0.1) is 0 Å². The third-order valence-corrected chi connectivity index (χ3v) is 3.58. The number of benzene rings is 2. The number of H-pyrrole nitrogens is 1. The molecular formula is C18H18N4O. The molecule has 23 heavy (non-hydrogen) atoms. The number of nitrogens with two attached hydrogens (primary N) is 1. The Morgan fingerprint density at radius 2 is 1.96 bits per heavy atom. The van der Waals surface area contributed by atoms with Crippen molar-refractivity contribution >= 4 is 11.6 Å². The Morgan fingerprint density at radius 3 is 2.70 bits per heavy atom. The Hall–Kier alpha value is -2.92. The molecule has 0 aliphatic carbocycles. The van der Waals surface area contributed by atoms with Gasteiger partial charge in [-0.05, 0) is 30.2 Å². The van der Waals surface area contributed by atoms with E-state index in [9.17, 15) is 4.79 Å². The van der Waals surface area contributed by atoms with Crippen LogP contribution in [0.4, 0.5) is 5.69 Å². The van der Waals surface area contributed by atoms with Gasteiger partial charge >= 0.3 is 0 Å². The van der Waals surface area contributed by atoms with E-state index in [-0.39, 0.29) is 5.91 Å². The van der Waals surface area contributed by atoms with Crippen molar-refractivity contribution in [3.05, 3.63) is 72.4 Å². The number of amides is 1. The molecular weight excluding hydrogens is 288 g/mol. The summed E-state index contributed by atoms with van der Waals surface area (Å²) in [6.45, 7) is 0. The summed E-state index contributed by atoms with van der Waals surface area (Å²) in [4.78, 5) is 12.3. The lowest BCUT2D eigenvalue weighted by Gasteiger charge is -2.13. The predicted molar refractivity (Wildman–Crippen MR) is 90.8 cm³/mol. The minimum atomic E-state index is -0.590. The summed E-state index contributed by atoms with van der Waals surface area (Å²) >= 11 is 0. The van der Waals surface area contributed by atoms with Crippen LogP contribution in [0.25, 0.3) is 11.3 Å². The second kappa shape index (κ2) is 6.89. The molecule has 0 radical (unpaired) electrons. The van der Waals surface area contributed by atoms with E-state index < -0.39 is 6.04 Å². The van der Waals surface area contributed by atoms with Gasteiger partial charge in [-0.2, -0.15) is 5.10 Å². The Morgan fingerprint density at radius 1 is 1.13 bits per heavy atom. The third-order valence-electron chi connectivity index (χ3n) is 3.58. The van der Waals surface area contributed by atoms with Crippen LogP contribution in [0.5, 0.6) is 0 Å². The normalized spacial score (nSPS) is 11.9. The molecule has 4 N–H and O–H groups in total. The average molecular weight is 306 g/mol. The fourth-order valence-electron chi connectivity index (χ4n) is 2.38. The first-order valence-corrected chi connectivity index (χ1v) is 7.42. The maximum atomic E-state index is 12.3. The minimum absolute atomic E-state index is 0.199. The zero-order chi connectivity index (χ0) is 16.1. The summed E-state index contributed by atoms with van der Waals surface area (Å²) in [5, 5.41) is 9.70. The van der Waals surface area contributed by atoms with Gasteiger partial charge in [-0.3, -0.25) is 9.89 Å². The first-order valence-electron chi connectivity index (χ1n) is 7.42. The molecule has 1 unspecified atom stereocenters. The van der Waals surface area contributed by atoms with Crippen molar-refractivity contribution < 1.29 is 4.79 Å². The van der Waals surface area contributed by atoms with E-state index >= 15 is 0 Å². The number of aromatic amines is 1. The van der Waals surface area contributed by atoms with E-state index in [1.54, 1.807) is 6.20 Å². The number of rotatable bonds is 5. The highest BCUT2D eigenvalue weighted by atomic mass is 16.2. The molecule has 0 aliphatic heterocycles. The Balaban J connectivity index is 1.67. The molecule has 116 valence electrons. The molecule has 0 spiro atoms. The third kappa shape index (κ3) is 3.84. The lowest BCUT2D eigenvalue weighted by atomic mass is 10.1. The first-order chi connectivity index (χ1) is 11.2. The van der Waals surface area contributed by atoms with Gasteiger partial charge in [0.2, 0.25) is 5.91 Å². The molecule has 1 atom stereocenters. The van der Waals surface area contributed by atoms with E-state index in [0.29, 0.717) is 12.1 Å². The van der Waals surface area contributed by atoms with Gasteiger partial charge < -0.3 is 11.1 Å². The van der Waals surface area contributed by atoms with Crippen LogP contribution < -0.4 is 11.1 Å². The summed E-state index contributed by atoms with van der Waals surface area (Å²) in [7, 11) is 0. The Bertz CT molecular complexity index is 769. The number of hydrogen-bond donors (Lipinski definition) is 3. The second-order valence-corrected chi connectivity index (χ2v) is 5.34. The SMILES string of the molecule is NC(Cc1ccccc1)C(=O)Nc1cccc(-c2ccn[nH]2)c1. The number of nitrogens with zero attached hydrogens (tertiary/aromatic N) is 1. The highest BCUT2D eigenvalue weighted by Gasteiger charge is 2.14. The van der Waals surface area contributed by atoms with Crippen LogP contribution in [-0.2, 0) is 11.2 Å². The fraction of sp³-hybridized carbons (Fsp3) is 0.111. The maximum Gasteiger partial charge on any atom is 0.241 e. The number of aromatic nitrogens is 2. The summed E-state index contributed by atoms with van der Waals surface area (Å²) in [6.07, 6.45) is 2.20. The molecule has 0 saturated heterocycles. The maximum absolute atomic E-state index is 12.3. The molecule has 5 nitrogen and oxygen atoms in total. The van der Waals surface area contributed by atoms with Crippen LogP contribution in [0.3, 0.4) is 0 Å². The summed E-state index contributed by atoms with van der Waals surface area (Å²) in [6, 6.07) is 18.6. The topological polar surface area (TPSA) is 83.8 Å². The molecule has 1 amide bonds. The molecule has 0 saturated carbocycles. The van der Waals surface area contributed by atoms with Crippen LogP contribution in [-0.4, -0.2) is 22.1 Å². The number of nitrogens with one attached hydrogen (secondary N) is 2. The molecule has 1 aromatic heterocycles. The van der Waals surface area contributed by atoms with Crippen LogP contribution >= 0.6 is 0 Å². The lowest BCUT2D eigenvalue weighted by Crippen LogP contribution is -2.37. The highest BCUT2D eigenvalue weighted by molar-refractivity contribution is 5.95. The molecule has 3 rings (SSSR count). The van der Waals surface area contributed by atoms with Crippen molar-refractivity contribution in [2.24, 2.45) is 5.73 Å². The van der Waals surface area contributed by atoms with Crippen molar-refractivity contribution in [1.29, 1.82) is 0 Å². The van der Waals surface area contributed by atoms with Crippen LogP contribution in [0.15, 0.2) is 66.9 Å². The van der Waals surface area contributed by atoms with Gasteiger partial charge in [-0.25, -0.2) is 0 Å². The minimum Gasteiger partial charge on any atom is -0.325 e. The molecule has 0 aliphatic rings. The lowest BCUT2D eigenvalue weighted by molar-refractivity contribution is -0.117. The predicted octanol–water partition coefficient (Wildman–Crippen LogP) is 2.59. The van der Waals surface area contributed by atoms with Gasteiger partial charge in [-0.1, -0.05) is 42.5 Å². The quantitative estimate of drug-likeness (QED) is 0.677. The first kappa shape index (κ1) is 15.0. The highest BCUT2D eigenvalue weighted by Crippen LogP contribution is 2.20.